The molecule has 0 fully saturated rings. The molecule has 0 rings (SSSR count). The van der Waals surface area contributed by atoms with Crippen LogP contribution < -0.4 is 11.5 Å². The number of rotatable bonds is 8. The summed E-state index contributed by atoms with van der Waals surface area (Å²) in [6.45, 7) is 1.70. The minimum atomic E-state index is -1.26. The van der Waals surface area contributed by atoms with Crippen molar-refractivity contribution in [3.63, 3.8) is 0 Å². The molecule has 0 spiro atoms. The van der Waals surface area contributed by atoms with Crippen LogP contribution in [0.3, 0.4) is 0 Å². The Bertz CT molecular complexity index is 264. The average Bonchev–Trinajstić information content (AvgIpc) is 2.23. The maximum Gasteiger partial charge on any atom is 0.324 e. The van der Waals surface area contributed by atoms with E-state index in [2.05, 4.69) is 0 Å². The first-order valence-corrected chi connectivity index (χ1v) is 7.07. The summed E-state index contributed by atoms with van der Waals surface area (Å²) in [7, 11) is 2.44. The molecule has 16 heavy (non-hydrogen) atoms. The number of carboxylic acid groups (broad SMARTS) is 2. The summed E-state index contributed by atoms with van der Waals surface area (Å²) in [5.41, 5.74) is 9.65. The molecule has 0 bridgehead atoms. The van der Waals surface area contributed by atoms with Gasteiger partial charge in [-0.1, -0.05) is 28.5 Å². The Morgan fingerprint density at radius 2 is 1.94 bits per heavy atom. The predicted molar refractivity (Wildman–Crippen MR) is 65.4 cm³/mol. The average molecular weight is 268 g/mol. The van der Waals surface area contributed by atoms with Crippen molar-refractivity contribution >= 4 is 33.5 Å². The van der Waals surface area contributed by atoms with Gasteiger partial charge in [-0.2, -0.15) is 0 Å². The van der Waals surface area contributed by atoms with Crippen LogP contribution in [0.15, 0.2) is 0 Å². The molecule has 6 N–H and O–H groups in total. The quantitative estimate of drug-likeness (QED) is 0.357. The van der Waals surface area contributed by atoms with Gasteiger partial charge in [0.2, 0.25) is 0 Å². The molecular formula is C8H16N2O4S2. The van der Waals surface area contributed by atoms with Gasteiger partial charge in [0.1, 0.15) is 11.6 Å². The van der Waals surface area contributed by atoms with E-state index in [0.29, 0.717) is 6.42 Å². The summed E-state index contributed by atoms with van der Waals surface area (Å²) in [6.07, 6.45) is 0.320. The molecular weight excluding hydrogens is 252 g/mol. The molecule has 0 aromatic carbocycles. The Morgan fingerprint density at radius 3 is 2.31 bits per heavy atom. The molecule has 0 heterocycles. The zero-order valence-electron chi connectivity index (χ0n) is 8.88. The maximum atomic E-state index is 10.8. The Morgan fingerprint density at radius 1 is 1.38 bits per heavy atom. The van der Waals surface area contributed by atoms with Crippen molar-refractivity contribution in [2.75, 3.05) is 11.5 Å². The molecule has 2 unspecified atom stereocenters. The molecule has 0 aliphatic rings. The molecule has 6 nitrogen and oxygen atoms in total. The van der Waals surface area contributed by atoms with Gasteiger partial charge in [0.05, 0.1) is 0 Å². The molecule has 94 valence electrons. The third-order valence-electron chi connectivity index (χ3n) is 2.02. The summed E-state index contributed by atoms with van der Waals surface area (Å²) in [6, 6.07) is -0.934. The highest BCUT2D eigenvalue weighted by Crippen LogP contribution is 2.26. The first-order valence-electron chi connectivity index (χ1n) is 4.58. The lowest BCUT2D eigenvalue weighted by Crippen LogP contribution is -2.49. The van der Waals surface area contributed by atoms with Crippen molar-refractivity contribution in [1.29, 1.82) is 0 Å². The zero-order chi connectivity index (χ0) is 12.8. The normalized spacial score (nSPS) is 16.4. The molecule has 0 aromatic rings. The monoisotopic (exact) mass is 268 g/mol. The largest absolute Gasteiger partial charge is 0.480 e. The summed E-state index contributed by atoms with van der Waals surface area (Å²) < 4.78 is 0. The first kappa shape index (κ1) is 15.6. The number of nitrogens with two attached hydrogens (primary N) is 2. The van der Waals surface area contributed by atoms with E-state index in [4.69, 9.17) is 21.7 Å². The van der Waals surface area contributed by atoms with Crippen LogP contribution in [0.4, 0.5) is 0 Å². The van der Waals surface area contributed by atoms with E-state index < -0.39 is 23.5 Å². The van der Waals surface area contributed by atoms with Crippen molar-refractivity contribution in [3.05, 3.63) is 0 Å². The van der Waals surface area contributed by atoms with E-state index >= 15 is 0 Å². The van der Waals surface area contributed by atoms with Crippen LogP contribution in [-0.2, 0) is 9.59 Å². The highest BCUT2D eigenvalue weighted by molar-refractivity contribution is 8.76. The first-order chi connectivity index (χ1) is 7.33. The highest BCUT2D eigenvalue weighted by Gasteiger charge is 2.31. The number of hydrogen-bond acceptors (Lipinski definition) is 6. The topological polar surface area (TPSA) is 127 Å². The van der Waals surface area contributed by atoms with Crippen LogP contribution in [0.5, 0.6) is 0 Å². The molecule has 8 heteroatoms. The second kappa shape index (κ2) is 7.00. The molecule has 0 aromatic heterocycles. The standard InChI is InChI=1S/C8H16N2O4S2/c1-2-8(10,7(13)14)4-16-15-3-5(9)6(11)12/h5H,2-4,9-10H2,1H3,(H,11,12)(H,13,14). The van der Waals surface area contributed by atoms with Crippen LogP contribution in [0.25, 0.3) is 0 Å². The third-order valence-corrected chi connectivity index (χ3v) is 4.58. The van der Waals surface area contributed by atoms with Gasteiger partial charge in [-0.05, 0) is 6.42 Å². The Kier molecular flexibility index (Phi) is 6.81. The van der Waals surface area contributed by atoms with E-state index in [1.807, 2.05) is 0 Å². The van der Waals surface area contributed by atoms with Crippen LogP contribution in [0, 0.1) is 0 Å². The van der Waals surface area contributed by atoms with Crippen LogP contribution in [0.2, 0.25) is 0 Å². The second-order valence-electron chi connectivity index (χ2n) is 3.31. The fraction of sp³-hybridized carbons (Fsp3) is 0.750. The maximum absolute atomic E-state index is 10.8. The third kappa shape index (κ3) is 5.06. The van der Waals surface area contributed by atoms with Gasteiger partial charge in [-0.25, -0.2) is 0 Å². The van der Waals surface area contributed by atoms with Crippen molar-refractivity contribution in [2.24, 2.45) is 11.5 Å². The Hall–Kier alpha value is -0.440. The van der Waals surface area contributed by atoms with Gasteiger partial charge in [-0.15, -0.1) is 0 Å². The fourth-order valence-electron chi connectivity index (χ4n) is 0.655. The van der Waals surface area contributed by atoms with Gasteiger partial charge >= 0.3 is 11.9 Å². The number of carbonyl (C=O) groups is 2. The fourth-order valence-corrected chi connectivity index (χ4v) is 3.27. The molecule has 2 atom stereocenters. The molecule has 0 radical (unpaired) electrons. The van der Waals surface area contributed by atoms with Gasteiger partial charge < -0.3 is 21.7 Å². The van der Waals surface area contributed by atoms with Crippen molar-refractivity contribution in [1.82, 2.24) is 0 Å². The lowest BCUT2D eigenvalue weighted by molar-refractivity contribution is -0.142. The summed E-state index contributed by atoms with van der Waals surface area (Å²) in [4.78, 5) is 21.2. The van der Waals surface area contributed by atoms with Gasteiger partial charge in [0.15, 0.2) is 0 Å². The van der Waals surface area contributed by atoms with E-state index in [0.717, 1.165) is 0 Å². The number of aliphatic carboxylic acids is 2. The predicted octanol–water partition coefficient (Wildman–Crippen LogP) is -0.0282. The van der Waals surface area contributed by atoms with E-state index in [-0.39, 0.29) is 11.5 Å². The van der Waals surface area contributed by atoms with Crippen molar-refractivity contribution in [3.8, 4) is 0 Å². The summed E-state index contributed by atoms with van der Waals surface area (Å²) >= 11 is 0. The molecule has 0 aliphatic heterocycles. The number of hydrogen-bond donors (Lipinski definition) is 4. The molecule has 0 amide bonds. The minimum Gasteiger partial charge on any atom is -0.480 e. The Labute approximate surface area is 102 Å². The summed E-state index contributed by atoms with van der Waals surface area (Å²) in [5, 5.41) is 17.4. The smallest absolute Gasteiger partial charge is 0.324 e. The van der Waals surface area contributed by atoms with Gasteiger partial charge in [0, 0.05) is 11.5 Å². The minimum absolute atomic E-state index is 0.218. The second-order valence-corrected chi connectivity index (χ2v) is 5.81. The lowest BCUT2D eigenvalue weighted by Gasteiger charge is -2.21. The lowest BCUT2D eigenvalue weighted by atomic mass is 10.0. The molecule has 0 aliphatic carbocycles. The highest BCUT2D eigenvalue weighted by atomic mass is 33.1. The van der Waals surface area contributed by atoms with E-state index in [1.165, 1.54) is 21.6 Å². The Balaban J connectivity index is 3.89. The molecule has 0 saturated carbocycles. The SMILES string of the molecule is CCC(N)(CSSCC(N)C(=O)O)C(=O)O. The van der Waals surface area contributed by atoms with Gasteiger partial charge in [0.25, 0.3) is 0 Å². The van der Waals surface area contributed by atoms with E-state index in [9.17, 15) is 9.59 Å². The van der Waals surface area contributed by atoms with Crippen LogP contribution in [-0.4, -0.2) is 45.2 Å². The zero-order valence-corrected chi connectivity index (χ0v) is 10.5. The van der Waals surface area contributed by atoms with E-state index in [1.54, 1.807) is 6.92 Å². The van der Waals surface area contributed by atoms with Crippen LogP contribution >= 0.6 is 21.6 Å². The summed E-state index contributed by atoms with van der Waals surface area (Å²) in [5.74, 6) is -1.68. The molecule has 0 saturated heterocycles. The van der Waals surface area contributed by atoms with Gasteiger partial charge in [-0.3, -0.25) is 9.59 Å². The van der Waals surface area contributed by atoms with Crippen molar-refractivity contribution < 1.29 is 19.8 Å². The number of carboxylic acids is 2. The van der Waals surface area contributed by atoms with Crippen LogP contribution in [0.1, 0.15) is 13.3 Å². The van der Waals surface area contributed by atoms with Crippen molar-refractivity contribution in [2.45, 2.75) is 24.9 Å².